The first-order chi connectivity index (χ1) is 7.09. The molecule has 0 bridgehead atoms. The minimum absolute atomic E-state index is 0.108. The third-order valence-electron chi connectivity index (χ3n) is 2.74. The molecule has 88 valence electrons. The molecule has 0 radical (unpaired) electrons. The standard InChI is InChI=1S/C12H23NO2/c1-10(2)6-7-13(3)12(14)9-15-8-11-4-5-11/h10-11H,4-9H2,1-3H3. The molecule has 0 heterocycles. The lowest BCUT2D eigenvalue weighted by atomic mass is 10.1. The summed E-state index contributed by atoms with van der Waals surface area (Å²) in [5, 5.41) is 0. The highest BCUT2D eigenvalue weighted by Crippen LogP contribution is 2.28. The third kappa shape index (κ3) is 5.78. The fraction of sp³-hybridized carbons (Fsp3) is 0.917. The van der Waals surface area contributed by atoms with E-state index in [1.807, 2.05) is 7.05 Å². The van der Waals surface area contributed by atoms with Crippen LogP contribution in [0.15, 0.2) is 0 Å². The molecule has 0 aromatic heterocycles. The SMILES string of the molecule is CC(C)CCN(C)C(=O)COCC1CC1. The van der Waals surface area contributed by atoms with E-state index >= 15 is 0 Å². The molecule has 1 saturated carbocycles. The summed E-state index contributed by atoms with van der Waals surface area (Å²) in [5.41, 5.74) is 0. The van der Waals surface area contributed by atoms with Gasteiger partial charge in [0.1, 0.15) is 6.61 Å². The highest BCUT2D eigenvalue weighted by atomic mass is 16.5. The van der Waals surface area contributed by atoms with E-state index in [2.05, 4.69) is 13.8 Å². The van der Waals surface area contributed by atoms with Gasteiger partial charge in [-0.25, -0.2) is 0 Å². The Balaban J connectivity index is 2.03. The maximum atomic E-state index is 11.6. The van der Waals surface area contributed by atoms with Crippen molar-refractivity contribution in [1.82, 2.24) is 4.90 Å². The number of carbonyl (C=O) groups excluding carboxylic acids is 1. The molecule has 0 aromatic carbocycles. The number of nitrogens with zero attached hydrogens (tertiary/aromatic N) is 1. The van der Waals surface area contributed by atoms with Gasteiger partial charge in [0.25, 0.3) is 0 Å². The summed E-state index contributed by atoms with van der Waals surface area (Å²) in [6.45, 7) is 6.20. The fourth-order valence-corrected chi connectivity index (χ4v) is 1.28. The maximum absolute atomic E-state index is 11.6. The van der Waals surface area contributed by atoms with Crippen molar-refractivity contribution in [2.45, 2.75) is 33.1 Å². The number of ether oxygens (including phenoxy) is 1. The second kappa shape index (κ2) is 6.11. The molecule has 3 nitrogen and oxygen atoms in total. The third-order valence-corrected chi connectivity index (χ3v) is 2.74. The number of hydrogen-bond acceptors (Lipinski definition) is 2. The molecule has 1 aliphatic carbocycles. The molecular formula is C12H23NO2. The van der Waals surface area contributed by atoms with Crippen LogP contribution in [-0.4, -0.2) is 37.6 Å². The second-order valence-corrected chi connectivity index (χ2v) is 4.96. The highest BCUT2D eigenvalue weighted by Gasteiger charge is 2.21. The van der Waals surface area contributed by atoms with Crippen LogP contribution in [0.5, 0.6) is 0 Å². The first kappa shape index (κ1) is 12.5. The molecule has 1 rings (SSSR count). The normalized spacial score (nSPS) is 15.7. The first-order valence-corrected chi connectivity index (χ1v) is 5.91. The van der Waals surface area contributed by atoms with Gasteiger partial charge in [-0.05, 0) is 31.1 Å². The van der Waals surface area contributed by atoms with E-state index in [0.717, 1.165) is 25.5 Å². The molecule has 0 saturated heterocycles. The summed E-state index contributed by atoms with van der Waals surface area (Å²) in [6, 6.07) is 0. The van der Waals surface area contributed by atoms with Crippen molar-refractivity contribution in [2.24, 2.45) is 11.8 Å². The minimum Gasteiger partial charge on any atom is -0.371 e. The molecule has 3 heteroatoms. The topological polar surface area (TPSA) is 29.5 Å². The largest absolute Gasteiger partial charge is 0.371 e. The molecule has 1 fully saturated rings. The van der Waals surface area contributed by atoms with E-state index in [1.54, 1.807) is 4.90 Å². The number of hydrogen-bond donors (Lipinski definition) is 0. The molecule has 1 aliphatic rings. The van der Waals surface area contributed by atoms with E-state index in [0.29, 0.717) is 5.92 Å². The minimum atomic E-state index is 0.108. The lowest BCUT2D eigenvalue weighted by Gasteiger charge is -2.18. The van der Waals surface area contributed by atoms with Crippen LogP contribution in [0.1, 0.15) is 33.1 Å². The van der Waals surface area contributed by atoms with Gasteiger partial charge in [0.2, 0.25) is 5.91 Å². The van der Waals surface area contributed by atoms with E-state index in [-0.39, 0.29) is 12.5 Å². The molecule has 0 spiro atoms. The summed E-state index contributed by atoms with van der Waals surface area (Å²) in [4.78, 5) is 13.3. The van der Waals surface area contributed by atoms with Gasteiger partial charge in [-0.2, -0.15) is 0 Å². The Bertz CT molecular complexity index is 200. The van der Waals surface area contributed by atoms with Gasteiger partial charge in [0.05, 0.1) is 6.61 Å². The number of likely N-dealkylation sites (N-methyl/N-ethyl adjacent to an activating group) is 1. The Morgan fingerprint density at radius 2 is 2.13 bits per heavy atom. The quantitative estimate of drug-likeness (QED) is 0.646. The zero-order valence-electron chi connectivity index (χ0n) is 10.2. The van der Waals surface area contributed by atoms with Crippen LogP contribution in [0, 0.1) is 11.8 Å². The van der Waals surface area contributed by atoms with Crippen LogP contribution in [-0.2, 0) is 9.53 Å². The van der Waals surface area contributed by atoms with Crippen LogP contribution in [0.2, 0.25) is 0 Å². The number of rotatable bonds is 7. The van der Waals surface area contributed by atoms with Gasteiger partial charge in [-0.15, -0.1) is 0 Å². The van der Waals surface area contributed by atoms with Crippen molar-refractivity contribution in [3.05, 3.63) is 0 Å². The van der Waals surface area contributed by atoms with Crippen molar-refractivity contribution in [1.29, 1.82) is 0 Å². The van der Waals surface area contributed by atoms with Gasteiger partial charge < -0.3 is 9.64 Å². The highest BCUT2D eigenvalue weighted by molar-refractivity contribution is 5.77. The fourth-order valence-electron chi connectivity index (χ4n) is 1.28. The van der Waals surface area contributed by atoms with Crippen LogP contribution in [0.4, 0.5) is 0 Å². The Kier molecular flexibility index (Phi) is 5.09. The van der Waals surface area contributed by atoms with E-state index in [1.165, 1.54) is 12.8 Å². The summed E-state index contributed by atoms with van der Waals surface area (Å²) in [6.07, 6.45) is 3.61. The molecule has 0 N–H and O–H groups in total. The van der Waals surface area contributed by atoms with Gasteiger partial charge >= 0.3 is 0 Å². The smallest absolute Gasteiger partial charge is 0.248 e. The Labute approximate surface area is 92.8 Å². The maximum Gasteiger partial charge on any atom is 0.248 e. The summed E-state index contributed by atoms with van der Waals surface area (Å²) in [5.74, 6) is 1.49. The van der Waals surface area contributed by atoms with E-state index in [4.69, 9.17) is 4.74 Å². The molecular weight excluding hydrogens is 190 g/mol. The zero-order chi connectivity index (χ0) is 11.3. The Morgan fingerprint density at radius 1 is 1.47 bits per heavy atom. The molecule has 0 aliphatic heterocycles. The van der Waals surface area contributed by atoms with Crippen LogP contribution >= 0.6 is 0 Å². The number of carbonyl (C=O) groups is 1. The summed E-state index contributed by atoms with van der Waals surface area (Å²) in [7, 11) is 1.85. The van der Waals surface area contributed by atoms with E-state index < -0.39 is 0 Å². The molecule has 0 aromatic rings. The molecule has 0 unspecified atom stereocenters. The van der Waals surface area contributed by atoms with Crippen molar-refractivity contribution < 1.29 is 9.53 Å². The average Bonchev–Trinajstić information content (AvgIpc) is 2.97. The van der Waals surface area contributed by atoms with Crippen molar-refractivity contribution in [2.75, 3.05) is 26.8 Å². The molecule has 0 atom stereocenters. The summed E-state index contributed by atoms with van der Waals surface area (Å²) >= 11 is 0. The first-order valence-electron chi connectivity index (χ1n) is 5.91. The van der Waals surface area contributed by atoms with Crippen molar-refractivity contribution in [3.63, 3.8) is 0 Å². The molecule has 15 heavy (non-hydrogen) atoms. The van der Waals surface area contributed by atoms with Gasteiger partial charge in [0, 0.05) is 13.6 Å². The van der Waals surface area contributed by atoms with Crippen LogP contribution < -0.4 is 0 Å². The van der Waals surface area contributed by atoms with Gasteiger partial charge in [0.15, 0.2) is 0 Å². The Hall–Kier alpha value is -0.570. The predicted molar refractivity (Wildman–Crippen MR) is 60.6 cm³/mol. The predicted octanol–water partition coefficient (Wildman–Crippen LogP) is 1.92. The van der Waals surface area contributed by atoms with Gasteiger partial charge in [-0.3, -0.25) is 4.79 Å². The molecule has 1 amide bonds. The van der Waals surface area contributed by atoms with Crippen LogP contribution in [0.25, 0.3) is 0 Å². The lowest BCUT2D eigenvalue weighted by Crippen LogP contribution is -2.32. The van der Waals surface area contributed by atoms with E-state index in [9.17, 15) is 4.79 Å². The number of amides is 1. The van der Waals surface area contributed by atoms with Crippen LogP contribution in [0.3, 0.4) is 0 Å². The second-order valence-electron chi connectivity index (χ2n) is 4.96. The van der Waals surface area contributed by atoms with Gasteiger partial charge in [-0.1, -0.05) is 13.8 Å². The average molecular weight is 213 g/mol. The monoisotopic (exact) mass is 213 g/mol. The lowest BCUT2D eigenvalue weighted by molar-refractivity contribution is -0.135. The Morgan fingerprint density at radius 3 is 2.67 bits per heavy atom. The zero-order valence-corrected chi connectivity index (χ0v) is 10.2. The summed E-state index contributed by atoms with van der Waals surface area (Å²) < 4.78 is 5.36. The van der Waals surface area contributed by atoms with Crippen molar-refractivity contribution in [3.8, 4) is 0 Å². The van der Waals surface area contributed by atoms with Crippen molar-refractivity contribution >= 4 is 5.91 Å².